The molecule has 1 rings (SSSR count). The Kier molecular flexibility index (Phi) is 4.24. The van der Waals surface area contributed by atoms with Crippen LogP contribution in [0.15, 0.2) is 0 Å². The Morgan fingerprint density at radius 1 is 1.22 bits per heavy atom. The zero-order valence-electron chi connectivity index (χ0n) is 11.7. The van der Waals surface area contributed by atoms with Gasteiger partial charge in [-0.1, -0.05) is 13.3 Å². The summed E-state index contributed by atoms with van der Waals surface area (Å²) in [6, 6.07) is -0.398. The zero-order valence-corrected chi connectivity index (χ0v) is 11.7. The molecule has 0 aliphatic heterocycles. The molecule has 2 amide bonds. The van der Waals surface area contributed by atoms with E-state index in [1.54, 1.807) is 6.92 Å². The Balaban J connectivity index is 2.60. The molecule has 104 valence electrons. The van der Waals surface area contributed by atoms with Crippen molar-refractivity contribution in [3.05, 3.63) is 0 Å². The fraction of sp³-hybridized carbons (Fsp3) is 0.846. The minimum absolute atomic E-state index is 0.0510. The summed E-state index contributed by atoms with van der Waals surface area (Å²) in [4.78, 5) is 23.2. The first kappa shape index (κ1) is 14.8. The average Bonchev–Trinajstić information content (AvgIpc) is 2.98. The Hall–Kier alpha value is -1.26. The predicted octanol–water partition coefficient (Wildman–Crippen LogP) is 2.12. The minimum atomic E-state index is -1.15. The molecule has 0 aromatic heterocycles. The smallest absolute Gasteiger partial charge is 0.329 e. The summed E-state index contributed by atoms with van der Waals surface area (Å²) in [5, 5.41) is 14.7. The number of urea groups is 1. The van der Waals surface area contributed by atoms with Crippen LogP contribution in [0.3, 0.4) is 0 Å². The van der Waals surface area contributed by atoms with Crippen molar-refractivity contribution in [1.82, 2.24) is 10.6 Å². The number of carboxylic acid groups (broad SMARTS) is 1. The molecule has 1 atom stereocenters. The van der Waals surface area contributed by atoms with Crippen LogP contribution in [-0.4, -0.2) is 28.2 Å². The molecule has 1 fully saturated rings. The summed E-state index contributed by atoms with van der Waals surface area (Å²) >= 11 is 0. The normalized spacial score (nSPS) is 18.9. The van der Waals surface area contributed by atoms with Gasteiger partial charge in [-0.05, 0) is 46.0 Å². The van der Waals surface area contributed by atoms with Crippen LogP contribution in [-0.2, 0) is 4.79 Å². The van der Waals surface area contributed by atoms with Crippen LogP contribution >= 0.6 is 0 Å². The lowest BCUT2D eigenvalue weighted by Gasteiger charge is -2.31. The van der Waals surface area contributed by atoms with Gasteiger partial charge in [0.2, 0.25) is 0 Å². The number of carbonyl (C=O) groups excluding carboxylic acids is 1. The Labute approximate surface area is 108 Å². The second-order valence-electron chi connectivity index (χ2n) is 5.99. The summed E-state index contributed by atoms with van der Waals surface area (Å²) in [5.74, 6) is -0.913. The first-order chi connectivity index (χ1) is 8.21. The molecule has 5 heteroatoms. The number of nitrogens with one attached hydrogen (secondary N) is 2. The van der Waals surface area contributed by atoms with Crippen LogP contribution in [0.5, 0.6) is 0 Å². The van der Waals surface area contributed by atoms with Crippen LogP contribution < -0.4 is 10.6 Å². The third-order valence-corrected chi connectivity index (χ3v) is 3.54. The number of aliphatic carboxylic acids is 1. The predicted molar refractivity (Wildman–Crippen MR) is 69.4 cm³/mol. The summed E-state index contributed by atoms with van der Waals surface area (Å²) in [6.45, 7) is 7.50. The molecule has 1 aliphatic rings. The van der Waals surface area contributed by atoms with E-state index in [-0.39, 0.29) is 11.5 Å². The van der Waals surface area contributed by atoms with Crippen molar-refractivity contribution in [1.29, 1.82) is 0 Å². The van der Waals surface area contributed by atoms with Crippen molar-refractivity contribution in [2.24, 2.45) is 5.92 Å². The summed E-state index contributed by atoms with van der Waals surface area (Å²) < 4.78 is 0. The van der Waals surface area contributed by atoms with Gasteiger partial charge < -0.3 is 15.7 Å². The minimum Gasteiger partial charge on any atom is -0.480 e. The molecular formula is C13H24N2O3. The topological polar surface area (TPSA) is 78.4 Å². The first-order valence-electron chi connectivity index (χ1n) is 6.55. The molecule has 0 bridgehead atoms. The second-order valence-corrected chi connectivity index (χ2v) is 5.99. The van der Waals surface area contributed by atoms with Gasteiger partial charge in [0.15, 0.2) is 0 Å². The van der Waals surface area contributed by atoms with Crippen molar-refractivity contribution in [3.63, 3.8) is 0 Å². The SMILES string of the molecule is CCCC(C)(C)NC(=O)NC(C)(C(=O)O)C1CC1. The van der Waals surface area contributed by atoms with Gasteiger partial charge in [-0.15, -0.1) is 0 Å². The molecule has 0 aromatic carbocycles. The standard InChI is InChI=1S/C13H24N2O3/c1-5-8-12(2,3)14-11(18)15-13(4,10(16)17)9-6-7-9/h9H,5-8H2,1-4H3,(H,16,17)(H2,14,15,18). The molecule has 3 N–H and O–H groups in total. The number of amides is 2. The fourth-order valence-electron chi connectivity index (χ4n) is 2.25. The van der Waals surface area contributed by atoms with Crippen molar-refractivity contribution in [2.45, 2.75) is 64.5 Å². The molecule has 1 unspecified atom stereocenters. The van der Waals surface area contributed by atoms with E-state index in [1.165, 1.54) is 0 Å². The van der Waals surface area contributed by atoms with E-state index >= 15 is 0 Å². The van der Waals surface area contributed by atoms with E-state index in [0.29, 0.717) is 0 Å². The maximum absolute atomic E-state index is 11.9. The highest BCUT2D eigenvalue weighted by Gasteiger charge is 2.48. The molecule has 18 heavy (non-hydrogen) atoms. The summed E-state index contributed by atoms with van der Waals surface area (Å²) in [6.07, 6.45) is 3.54. The van der Waals surface area contributed by atoms with Crippen molar-refractivity contribution in [2.75, 3.05) is 0 Å². The lowest BCUT2D eigenvalue weighted by Crippen LogP contribution is -2.59. The van der Waals surface area contributed by atoms with E-state index in [2.05, 4.69) is 10.6 Å². The summed E-state index contributed by atoms with van der Waals surface area (Å²) in [7, 11) is 0. The van der Waals surface area contributed by atoms with Crippen LogP contribution in [0.25, 0.3) is 0 Å². The van der Waals surface area contributed by atoms with E-state index < -0.39 is 17.5 Å². The van der Waals surface area contributed by atoms with E-state index in [0.717, 1.165) is 25.7 Å². The van der Waals surface area contributed by atoms with Gasteiger partial charge in [0.25, 0.3) is 0 Å². The number of carboxylic acids is 1. The molecule has 0 saturated heterocycles. The highest BCUT2D eigenvalue weighted by Crippen LogP contribution is 2.39. The van der Waals surface area contributed by atoms with Crippen molar-refractivity contribution in [3.8, 4) is 0 Å². The average molecular weight is 256 g/mol. The highest BCUT2D eigenvalue weighted by molar-refractivity contribution is 5.86. The molecular weight excluding hydrogens is 232 g/mol. The lowest BCUT2D eigenvalue weighted by atomic mass is 9.95. The number of rotatable bonds is 6. The largest absolute Gasteiger partial charge is 0.480 e. The van der Waals surface area contributed by atoms with Crippen molar-refractivity contribution < 1.29 is 14.7 Å². The molecule has 5 nitrogen and oxygen atoms in total. The molecule has 0 heterocycles. The highest BCUT2D eigenvalue weighted by atomic mass is 16.4. The van der Waals surface area contributed by atoms with Crippen molar-refractivity contribution >= 4 is 12.0 Å². The van der Waals surface area contributed by atoms with Gasteiger partial charge in [0, 0.05) is 5.54 Å². The fourth-order valence-corrected chi connectivity index (χ4v) is 2.25. The molecule has 1 saturated carbocycles. The van der Waals surface area contributed by atoms with E-state index in [4.69, 9.17) is 0 Å². The Bertz CT molecular complexity index is 337. The number of carbonyl (C=O) groups is 2. The van der Waals surface area contributed by atoms with Crippen LogP contribution in [0.2, 0.25) is 0 Å². The molecule has 0 spiro atoms. The van der Waals surface area contributed by atoms with Gasteiger partial charge in [-0.2, -0.15) is 0 Å². The van der Waals surface area contributed by atoms with E-state index in [9.17, 15) is 14.7 Å². The second kappa shape index (κ2) is 5.16. The van der Waals surface area contributed by atoms with Gasteiger partial charge >= 0.3 is 12.0 Å². The quantitative estimate of drug-likeness (QED) is 0.681. The van der Waals surface area contributed by atoms with Gasteiger partial charge in [0.05, 0.1) is 0 Å². The zero-order chi connectivity index (χ0) is 14.0. The summed E-state index contributed by atoms with van der Waals surface area (Å²) in [5.41, 5.74) is -1.46. The van der Waals surface area contributed by atoms with Gasteiger partial charge in [0.1, 0.15) is 5.54 Å². The first-order valence-corrected chi connectivity index (χ1v) is 6.55. The Morgan fingerprint density at radius 2 is 1.78 bits per heavy atom. The van der Waals surface area contributed by atoms with Crippen LogP contribution in [0.4, 0.5) is 4.79 Å². The number of hydrogen-bond donors (Lipinski definition) is 3. The maximum Gasteiger partial charge on any atom is 0.329 e. The van der Waals surface area contributed by atoms with Gasteiger partial charge in [-0.3, -0.25) is 0 Å². The molecule has 1 aliphatic carbocycles. The van der Waals surface area contributed by atoms with Crippen LogP contribution in [0.1, 0.15) is 53.4 Å². The van der Waals surface area contributed by atoms with E-state index in [1.807, 2.05) is 20.8 Å². The monoisotopic (exact) mass is 256 g/mol. The van der Waals surface area contributed by atoms with Gasteiger partial charge in [-0.25, -0.2) is 9.59 Å². The third-order valence-electron chi connectivity index (χ3n) is 3.54. The molecule has 0 radical (unpaired) electrons. The number of hydrogen-bond acceptors (Lipinski definition) is 2. The third kappa shape index (κ3) is 3.62. The maximum atomic E-state index is 11.9. The lowest BCUT2D eigenvalue weighted by molar-refractivity contribution is -0.144. The Morgan fingerprint density at radius 3 is 2.17 bits per heavy atom. The molecule has 0 aromatic rings. The van der Waals surface area contributed by atoms with Crippen LogP contribution in [0, 0.1) is 5.92 Å².